The summed E-state index contributed by atoms with van der Waals surface area (Å²) in [6.07, 6.45) is 4.21. The van der Waals surface area contributed by atoms with Gasteiger partial charge in [0.1, 0.15) is 17.7 Å². The molecule has 43 heavy (non-hydrogen) atoms. The fraction of sp³-hybridized carbons (Fsp3) is 0.467. The second-order valence-corrected chi connectivity index (χ2v) is 10.9. The van der Waals surface area contributed by atoms with Crippen molar-refractivity contribution in [3.63, 3.8) is 0 Å². The van der Waals surface area contributed by atoms with E-state index in [1.165, 1.54) is 25.7 Å². The summed E-state index contributed by atoms with van der Waals surface area (Å²) in [7, 11) is 0. The molecule has 1 saturated carbocycles. The number of nitriles is 1. The Kier molecular flexibility index (Phi) is 9.47. The quantitative estimate of drug-likeness (QED) is 0.399. The third-order valence-corrected chi connectivity index (χ3v) is 8.19. The second kappa shape index (κ2) is 13.4. The molecular weight excluding hydrogens is 561 g/mol. The van der Waals surface area contributed by atoms with Crippen molar-refractivity contribution in [3.8, 4) is 28.6 Å². The van der Waals surface area contributed by atoms with Gasteiger partial charge in [-0.3, -0.25) is 9.88 Å². The lowest BCUT2D eigenvalue weighted by atomic mass is 10.1. The van der Waals surface area contributed by atoms with Gasteiger partial charge in [0.05, 0.1) is 11.3 Å². The Bertz CT molecular complexity index is 1420. The van der Waals surface area contributed by atoms with Crippen LogP contribution in [-0.4, -0.2) is 95.5 Å². The number of carboxylic acids is 1. The van der Waals surface area contributed by atoms with Gasteiger partial charge in [-0.1, -0.05) is 12.8 Å². The number of piperazine rings is 2. The van der Waals surface area contributed by atoms with Crippen molar-refractivity contribution in [1.82, 2.24) is 25.2 Å². The van der Waals surface area contributed by atoms with E-state index >= 15 is 0 Å². The summed E-state index contributed by atoms with van der Waals surface area (Å²) in [5.41, 5.74) is 4.52. The van der Waals surface area contributed by atoms with Crippen LogP contribution in [0.5, 0.6) is 0 Å². The first kappa shape index (κ1) is 30.3. The number of anilines is 2. The van der Waals surface area contributed by atoms with Crippen LogP contribution < -0.4 is 15.1 Å². The highest BCUT2D eigenvalue weighted by Crippen LogP contribution is 2.30. The molecule has 0 atom stereocenters. The molecule has 3 aliphatic rings. The standard InChI is InChI=1S/C28H34N8.C2HF3O2/c29-19-23-18-26(33-28(23)36-11-9-30-10-12-36)21-7-8-31-25(17-21)22-5-6-27(32-20-22)35-15-13-34(14-16-35)24-3-1-2-4-24;3-2(4,5)1(6)7/h5-8,17-18,20,24,30,33H,1-4,9-16H2;(H,6,7). The molecule has 0 aromatic carbocycles. The van der Waals surface area contributed by atoms with Crippen LogP contribution >= 0.6 is 0 Å². The highest BCUT2D eigenvalue weighted by atomic mass is 19.4. The summed E-state index contributed by atoms with van der Waals surface area (Å²) in [6.45, 7) is 7.99. The van der Waals surface area contributed by atoms with Crippen molar-refractivity contribution in [1.29, 1.82) is 5.26 Å². The third kappa shape index (κ3) is 7.44. The van der Waals surface area contributed by atoms with E-state index in [2.05, 4.69) is 54.3 Å². The minimum Gasteiger partial charge on any atom is -0.475 e. The SMILES string of the molecule is N#Cc1cc(-c2ccnc(-c3ccc(N4CCN(C5CCCC5)CC4)nc3)c2)[nH]c1N1CCNCC1.O=C(O)C(F)(F)F. The number of alkyl halides is 3. The normalized spacial score (nSPS) is 18.2. The maximum atomic E-state index is 10.6. The monoisotopic (exact) mass is 596 g/mol. The van der Waals surface area contributed by atoms with Gasteiger partial charge in [0.15, 0.2) is 0 Å². The molecule has 0 radical (unpaired) electrons. The molecule has 0 unspecified atom stereocenters. The molecule has 2 saturated heterocycles. The molecule has 10 nitrogen and oxygen atoms in total. The summed E-state index contributed by atoms with van der Waals surface area (Å²) >= 11 is 0. The highest BCUT2D eigenvalue weighted by molar-refractivity contribution is 5.73. The molecule has 13 heteroatoms. The number of hydrogen-bond acceptors (Lipinski definition) is 8. The average Bonchev–Trinajstić information content (AvgIpc) is 3.73. The number of pyridine rings is 2. The molecule has 5 heterocycles. The number of nitrogens with one attached hydrogen (secondary N) is 2. The number of aromatic amines is 1. The maximum Gasteiger partial charge on any atom is 0.490 e. The largest absolute Gasteiger partial charge is 0.490 e. The van der Waals surface area contributed by atoms with Gasteiger partial charge in [-0.25, -0.2) is 9.78 Å². The zero-order valence-corrected chi connectivity index (χ0v) is 23.8. The van der Waals surface area contributed by atoms with Gasteiger partial charge in [0.2, 0.25) is 0 Å². The number of H-pyrrole nitrogens is 1. The number of halogens is 3. The molecule has 0 amide bonds. The first-order chi connectivity index (χ1) is 20.7. The Morgan fingerprint density at radius 2 is 1.65 bits per heavy atom. The number of hydrogen-bond donors (Lipinski definition) is 3. The van der Waals surface area contributed by atoms with Gasteiger partial charge in [-0.15, -0.1) is 0 Å². The van der Waals surface area contributed by atoms with Crippen molar-refractivity contribution in [2.45, 2.75) is 37.9 Å². The van der Waals surface area contributed by atoms with Crippen LogP contribution in [0.2, 0.25) is 0 Å². The molecule has 2 aliphatic heterocycles. The van der Waals surface area contributed by atoms with Crippen molar-refractivity contribution >= 4 is 17.6 Å². The number of aromatic nitrogens is 3. The molecule has 0 bridgehead atoms. The van der Waals surface area contributed by atoms with E-state index in [1.54, 1.807) is 0 Å². The Morgan fingerprint density at radius 1 is 0.953 bits per heavy atom. The van der Waals surface area contributed by atoms with Gasteiger partial charge < -0.3 is 25.2 Å². The Balaban J connectivity index is 0.000000472. The zero-order chi connectivity index (χ0) is 30.4. The predicted octanol–water partition coefficient (Wildman–Crippen LogP) is 4.12. The molecule has 228 valence electrons. The molecule has 3 N–H and O–H groups in total. The number of carbonyl (C=O) groups is 1. The first-order valence-electron chi connectivity index (χ1n) is 14.5. The number of aliphatic carboxylic acids is 1. The van der Waals surface area contributed by atoms with E-state index in [1.807, 2.05) is 24.5 Å². The van der Waals surface area contributed by atoms with Gasteiger partial charge in [-0.2, -0.15) is 18.4 Å². The van der Waals surface area contributed by atoms with E-state index in [0.717, 1.165) is 92.6 Å². The second-order valence-electron chi connectivity index (χ2n) is 10.9. The molecule has 3 fully saturated rings. The van der Waals surface area contributed by atoms with Crippen molar-refractivity contribution in [3.05, 3.63) is 48.3 Å². The minimum atomic E-state index is -5.08. The molecular formula is C30H35F3N8O2. The van der Waals surface area contributed by atoms with Gasteiger partial charge in [0, 0.05) is 87.6 Å². The fourth-order valence-electron chi connectivity index (χ4n) is 5.89. The zero-order valence-electron chi connectivity index (χ0n) is 23.8. The lowest BCUT2D eigenvalue weighted by Crippen LogP contribution is -2.49. The van der Waals surface area contributed by atoms with Crippen LogP contribution in [0.1, 0.15) is 31.2 Å². The van der Waals surface area contributed by atoms with E-state index < -0.39 is 12.1 Å². The number of carboxylic acid groups (broad SMARTS) is 1. The van der Waals surface area contributed by atoms with Crippen LogP contribution in [-0.2, 0) is 4.79 Å². The lowest BCUT2D eigenvalue weighted by Gasteiger charge is -2.38. The summed E-state index contributed by atoms with van der Waals surface area (Å²) in [5.74, 6) is -0.802. The molecule has 3 aromatic rings. The van der Waals surface area contributed by atoms with Gasteiger partial charge >= 0.3 is 12.1 Å². The van der Waals surface area contributed by atoms with Crippen molar-refractivity contribution < 1.29 is 23.1 Å². The van der Waals surface area contributed by atoms with E-state index in [4.69, 9.17) is 14.9 Å². The van der Waals surface area contributed by atoms with Crippen LogP contribution in [0, 0.1) is 11.3 Å². The summed E-state index contributed by atoms with van der Waals surface area (Å²) in [5, 5.41) is 20.2. The summed E-state index contributed by atoms with van der Waals surface area (Å²) in [4.78, 5) is 29.1. The third-order valence-electron chi connectivity index (χ3n) is 8.19. The summed E-state index contributed by atoms with van der Waals surface area (Å²) < 4.78 is 31.7. The predicted molar refractivity (Wildman–Crippen MR) is 157 cm³/mol. The van der Waals surface area contributed by atoms with E-state index in [0.29, 0.717) is 5.56 Å². The number of rotatable bonds is 5. The molecule has 0 spiro atoms. The Hall–Kier alpha value is -4.15. The highest BCUT2D eigenvalue weighted by Gasteiger charge is 2.38. The Morgan fingerprint density at radius 3 is 2.26 bits per heavy atom. The van der Waals surface area contributed by atoms with Crippen LogP contribution in [0.3, 0.4) is 0 Å². The van der Waals surface area contributed by atoms with Gasteiger partial charge in [0.25, 0.3) is 0 Å². The van der Waals surface area contributed by atoms with Crippen molar-refractivity contribution in [2.24, 2.45) is 0 Å². The molecule has 6 rings (SSSR count). The maximum absolute atomic E-state index is 10.6. The number of nitrogens with zero attached hydrogens (tertiary/aromatic N) is 6. The van der Waals surface area contributed by atoms with E-state index in [-0.39, 0.29) is 0 Å². The smallest absolute Gasteiger partial charge is 0.475 e. The topological polar surface area (TPSA) is 124 Å². The van der Waals surface area contributed by atoms with E-state index in [9.17, 15) is 18.4 Å². The molecule has 1 aliphatic carbocycles. The molecule has 3 aromatic heterocycles. The van der Waals surface area contributed by atoms with Crippen LogP contribution in [0.25, 0.3) is 22.5 Å². The average molecular weight is 597 g/mol. The first-order valence-corrected chi connectivity index (χ1v) is 14.5. The lowest BCUT2D eigenvalue weighted by molar-refractivity contribution is -0.192. The van der Waals surface area contributed by atoms with Crippen LogP contribution in [0.15, 0.2) is 42.7 Å². The minimum absolute atomic E-state index is 0.685. The van der Waals surface area contributed by atoms with Crippen molar-refractivity contribution in [2.75, 3.05) is 62.2 Å². The Labute approximate surface area is 248 Å². The van der Waals surface area contributed by atoms with Gasteiger partial charge in [-0.05, 0) is 43.2 Å². The van der Waals surface area contributed by atoms with Crippen LogP contribution in [0.4, 0.5) is 24.8 Å². The summed E-state index contributed by atoms with van der Waals surface area (Å²) in [6, 6.07) is 13.4. The fourth-order valence-corrected chi connectivity index (χ4v) is 5.89.